The number of hydrogen-bond acceptors (Lipinski definition) is 4. The van der Waals surface area contributed by atoms with Crippen molar-refractivity contribution >= 4 is 28.0 Å². The molecule has 0 bridgehead atoms. The Morgan fingerprint density at radius 2 is 1.66 bits per heavy atom. The smallest absolute Gasteiger partial charge is 0.349 e. The summed E-state index contributed by atoms with van der Waals surface area (Å²) in [6, 6.07) is 29.2. The second kappa shape index (κ2) is 10.9. The van der Waals surface area contributed by atoms with Crippen LogP contribution in [-0.2, 0) is 24.8 Å². The molecule has 6 rings (SSSR count). The summed E-state index contributed by atoms with van der Waals surface area (Å²) in [6.45, 7) is 4.91. The molecule has 0 saturated heterocycles. The van der Waals surface area contributed by atoms with Crippen molar-refractivity contribution in [3.63, 3.8) is 0 Å². The van der Waals surface area contributed by atoms with Crippen LogP contribution in [0.15, 0.2) is 91.0 Å². The lowest BCUT2D eigenvalue weighted by molar-refractivity contribution is -0.145. The van der Waals surface area contributed by atoms with Crippen molar-refractivity contribution in [3.8, 4) is 17.1 Å². The minimum Gasteiger partial charge on any atom is -0.478 e. The summed E-state index contributed by atoms with van der Waals surface area (Å²) in [4.78, 5) is 21.9. The van der Waals surface area contributed by atoms with Gasteiger partial charge < -0.3 is 19.0 Å². The highest BCUT2D eigenvalue weighted by Gasteiger charge is 2.22. The molecule has 0 aliphatic heterocycles. The zero-order chi connectivity index (χ0) is 28.5. The molecule has 206 valence electrons. The van der Waals surface area contributed by atoms with Gasteiger partial charge in [0.15, 0.2) is 0 Å². The largest absolute Gasteiger partial charge is 0.478 e. The summed E-state index contributed by atoms with van der Waals surface area (Å²) in [7, 11) is 2.06. The summed E-state index contributed by atoms with van der Waals surface area (Å²) in [5.74, 6) is 1.45. The number of carboxylic acid groups (broad SMARTS) is 1. The van der Waals surface area contributed by atoms with Crippen LogP contribution < -0.4 is 4.74 Å². The Labute approximate surface area is 238 Å². The number of hydrogen-bond donors (Lipinski definition) is 1. The van der Waals surface area contributed by atoms with E-state index < -0.39 is 12.1 Å². The maximum Gasteiger partial charge on any atom is 0.349 e. The molecule has 0 amide bonds. The molecule has 2 heterocycles. The predicted molar refractivity (Wildman–Crippen MR) is 161 cm³/mol. The van der Waals surface area contributed by atoms with Gasteiger partial charge in [0.05, 0.1) is 22.1 Å². The molecule has 1 N–H and O–H groups in total. The van der Waals surface area contributed by atoms with Crippen molar-refractivity contribution < 1.29 is 14.6 Å². The molecule has 2 aromatic heterocycles. The van der Waals surface area contributed by atoms with Gasteiger partial charge in [-0.2, -0.15) is 0 Å². The fourth-order valence-electron chi connectivity index (χ4n) is 5.45. The monoisotopic (exact) mass is 544 g/mol. The number of rotatable bonds is 9. The minimum atomic E-state index is -1.07. The molecular formula is C34H32N4O3. The molecule has 0 radical (unpaired) electrons. The summed E-state index contributed by atoms with van der Waals surface area (Å²) in [6.07, 6.45) is 0.789. The molecule has 1 atom stereocenters. The van der Waals surface area contributed by atoms with E-state index >= 15 is 0 Å². The molecule has 7 heteroatoms. The quantitative estimate of drug-likeness (QED) is 0.210. The maximum absolute atomic E-state index is 11.9. The van der Waals surface area contributed by atoms with E-state index in [0.29, 0.717) is 17.9 Å². The molecule has 6 aromatic rings. The number of para-hydroxylation sites is 2. The SMILES string of the molecule is CCCc1nc2c(C)cc(-c3nc4ccccc4n3C)cc2n1Cc1ccc(OC(C(=O)O)c2ccccc2)cc1. The molecule has 41 heavy (non-hydrogen) atoms. The number of carboxylic acids is 1. The average molecular weight is 545 g/mol. The highest BCUT2D eigenvalue weighted by molar-refractivity contribution is 5.87. The Morgan fingerprint density at radius 3 is 2.37 bits per heavy atom. The normalized spacial score (nSPS) is 12.2. The first-order valence-electron chi connectivity index (χ1n) is 13.9. The first-order chi connectivity index (χ1) is 19.9. The van der Waals surface area contributed by atoms with E-state index in [1.54, 1.807) is 12.1 Å². The van der Waals surface area contributed by atoms with E-state index in [1.165, 1.54) is 0 Å². The predicted octanol–water partition coefficient (Wildman–Crippen LogP) is 7.10. The van der Waals surface area contributed by atoms with Crippen molar-refractivity contribution in [2.24, 2.45) is 7.05 Å². The van der Waals surface area contributed by atoms with Gasteiger partial charge in [-0.25, -0.2) is 14.8 Å². The Balaban J connectivity index is 1.34. The Kier molecular flexibility index (Phi) is 7.01. The fourth-order valence-corrected chi connectivity index (χ4v) is 5.45. The highest BCUT2D eigenvalue weighted by atomic mass is 16.5. The number of ether oxygens (including phenoxy) is 1. The van der Waals surface area contributed by atoms with E-state index in [-0.39, 0.29) is 0 Å². The number of fused-ring (bicyclic) bond motifs is 2. The molecule has 0 fully saturated rings. The zero-order valence-corrected chi connectivity index (χ0v) is 23.4. The number of carbonyl (C=O) groups is 1. The topological polar surface area (TPSA) is 82.2 Å². The first-order valence-corrected chi connectivity index (χ1v) is 13.9. The number of aromatic nitrogens is 4. The van der Waals surface area contributed by atoms with Crippen LogP contribution in [0.2, 0.25) is 0 Å². The van der Waals surface area contributed by atoms with Crippen LogP contribution >= 0.6 is 0 Å². The third-order valence-corrected chi connectivity index (χ3v) is 7.49. The van der Waals surface area contributed by atoms with Gasteiger partial charge in [0, 0.05) is 31.1 Å². The van der Waals surface area contributed by atoms with E-state index in [0.717, 1.165) is 63.2 Å². The molecule has 1 unspecified atom stereocenters. The van der Waals surface area contributed by atoms with E-state index in [2.05, 4.69) is 48.2 Å². The Hall–Kier alpha value is -4.91. The second-order valence-corrected chi connectivity index (χ2v) is 10.4. The van der Waals surface area contributed by atoms with E-state index in [9.17, 15) is 9.90 Å². The van der Waals surface area contributed by atoms with Crippen LogP contribution in [0, 0.1) is 6.92 Å². The Morgan fingerprint density at radius 1 is 0.927 bits per heavy atom. The van der Waals surface area contributed by atoms with Crippen molar-refractivity contribution in [1.82, 2.24) is 19.1 Å². The first kappa shape index (κ1) is 26.3. The van der Waals surface area contributed by atoms with Gasteiger partial charge in [-0.15, -0.1) is 0 Å². The summed E-state index contributed by atoms with van der Waals surface area (Å²) < 4.78 is 10.3. The van der Waals surface area contributed by atoms with Crippen LogP contribution in [0.4, 0.5) is 0 Å². The molecule has 0 spiro atoms. The minimum absolute atomic E-state index is 0.509. The van der Waals surface area contributed by atoms with Crippen molar-refractivity contribution in [2.75, 3.05) is 0 Å². The van der Waals surface area contributed by atoms with Crippen LogP contribution in [0.3, 0.4) is 0 Å². The maximum atomic E-state index is 11.9. The van der Waals surface area contributed by atoms with Crippen molar-refractivity contribution in [1.29, 1.82) is 0 Å². The summed E-state index contributed by atoms with van der Waals surface area (Å²) in [5.41, 5.74) is 8.00. The van der Waals surface area contributed by atoms with Gasteiger partial charge in [0.25, 0.3) is 0 Å². The highest BCUT2D eigenvalue weighted by Crippen LogP contribution is 2.31. The average Bonchev–Trinajstić information content (AvgIpc) is 3.50. The summed E-state index contributed by atoms with van der Waals surface area (Å²) >= 11 is 0. The third-order valence-electron chi connectivity index (χ3n) is 7.49. The zero-order valence-electron chi connectivity index (χ0n) is 23.4. The lowest BCUT2D eigenvalue weighted by Crippen LogP contribution is -2.18. The molecule has 0 saturated carbocycles. The Bertz CT molecular complexity index is 1850. The van der Waals surface area contributed by atoms with Gasteiger partial charge in [-0.3, -0.25) is 0 Å². The number of benzene rings is 4. The number of nitrogens with zero attached hydrogens (tertiary/aromatic N) is 4. The van der Waals surface area contributed by atoms with Crippen LogP contribution in [0.25, 0.3) is 33.5 Å². The van der Waals surface area contributed by atoms with Crippen LogP contribution in [0.5, 0.6) is 5.75 Å². The van der Waals surface area contributed by atoms with E-state index in [4.69, 9.17) is 14.7 Å². The van der Waals surface area contributed by atoms with E-state index in [1.807, 2.05) is 60.7 Å². The molecule has 0 aliphatic rings. The second-order valence-electron chi connectivity index (χ2n) is 10.4. The number of aliphatic carboxylic acids is 1. The summed E-state index contributed by atoms with van der Waals surface area (Å²) in [5, 5.41) is 9.74. The molecule has 4 aromatic carbocycles. The lowest BCUT2D eigenvalue weighted by Gasteiger charge is -2.16. The van der Waals surface area contributed by atoms with Gasteiger partial charge in [0.1, 0.15) is 17.4 Å². The lowest BCUT2D eigenvalue weighted by atomic mass is 10.1. The van der Waals surface area contributed by atoms with Crippen LogP contribution in [-0.4, -0.2) is 30.2 Å². The third kappa shape index (κ3) is 5.07. The van der Waals surface area contributed by atoms with Crippen molar-refractivity contribution in [2.45, 2.75) is 39.3 Å². The van der Waals surface area contributed by atoms with Gasteiger partial charge in [0.2, 0.25) is 6.10 Å². The van der Waals surface area contributed by atoms with Gasteiger partial charge in [-0.05, 0) is 60.9 Å². The van der Waals surface area contributed by atoms with Crippen molar-refractivity contribution in [3.05, 3.63) is 114 Å². The number of imidazole rings is 2. The van der Waals surface area contributed by atoms with Gasteiger partial charge in [-0.1, -0.05) is 61.5 Å². The molecule has 7 nitrogen and oxygen atoms in total. The fraction of sp³-hybridized carbons (Fsp3) is 0.206. The standard InChI is InChI=1S/C34H32N4O3/c1-4-10-30-36-31-22(2)19-25(33-35-27-13-8-9-14-28(27)37(33)3)20-29(31)38(30)21-23-15-17-26(18-16-23)41-32(34(39)40)24-11-6-5-7-12-24/h5-9,11-20,32H,4,10,21H2,1-3H3,(H,39,40). The van der Waals surface area contributed by atoms with Crippen LogP contribution in [0.1, 0.15) is 42.0 Å². The molecular weight excluding hydrogens is 512 g/mol. The molecule has 0 aliphatic carbocycles. The van der Waals surface area contributed by atoms with Gasteiger partial charge >= 0.3 is 5.97 Å². The number of aryl methyl sites for hydroxylation is 3.